The van der Waals surface area contributed by atoms with E-state index < -0.39 is 0 Å². The summed E-state index contributed by atoms with van der Waals surface area (Å²) in [5.41, 5.74) is 1.76. The first-order chi connectivity index (χ1) is 11.9. The molecule has 0 saturated carbocycles. The van der Waals surface area contributed by atoms with E-state index >= 15 is 0 Å². The first-order valence-electron chi connectivity index (χ1n) is 8.06. The van der Waals surface area contributed by atoms with Gasteiger partial charge in [0.2, 0.25) is 5.95 Å². The van der Waals surface area contributed by atoms with Crippen molar-refractivity contribution in [1.82, 2.24) is 15.3 Å². The number of aromatic nitrogens is 2. The fourth-order valence-corrected chi connectivity index (χ4v) is 2.17. The lowest BCUT2D eigenvalue weighted by Crippen LogP contribution is -2.28. The van der Waals surface area contributed by atoms with Crippen molar-refractivity contribution in [2.45, 2.75) is 20.8 Å². The Labute approximate surface area is 147 Å². The minimum absolute atomic E-state index is 0.213. The number of methoxy groups -OCH3 is 2. The van der Waals surface area contributed by atoms with Crippen molar-refractivity contribution in [1.29, 1.82) is 0 Å². The van der Waals surface area contributed by atoms with Crippen molar-refractivity contribution in [2.24, 2.45) is 5.92 Å². The van der Waals surface area contributed by atoms with Crippen LogP contribution >= 0.6 is 0 Å². The van der Waals surface area contributed by atoms with E-state index in [2.05, 4.69) is 20.6 Å². The number of nitrogens with one attached hydrogen (secondary N) is 2. The molecule has 25 heavy (non-hydrogen) atoms. The van der Waals surface area contributed by atoms with Crippen LogP contribution in [0.25, 0.3) is 0 Å². The number of hydrogen-bond acceptors (Lipinski definition) is 6. The van der Waals surface area contributed by atoms with Crippen molar-refractivity contribution in [2.75, 3.05) is 26.1 Å². The highest BCUT2D eigenvalue weighted by Crippen LogP contribution is 2.30. The molecule has 0 bridgehead atoms. The van der Waals surface area contributed by atoms with E-state index in [4.69, 9.17) is 9.47 Å². The highest BCUT2D eigenvalue weighted by atomic mass is 16.5. The van der Waals surface area contributed by atoms with Gasteiger partial charge in [-0.05, 0) is 31.0 Å². The lowest BCUT2D eigenvalue weighted by atomic mass is 10.2. The normalized spacial score (nSPS) is 10.5. The molecule has 2 N–H and O–H groups in total. The first kappa shape index (κ1) is 18.5. The zero-order valence-corrected chi connectivity index (χ0v) is 15.2. The largest absolute Gasteiger partial charge is 0.493 e. The van der Waals surface area contributed by atoms with Crippen LogP contribution in [-0.4, -0.2) is 36.6 Å². The highest BCUT2D eigenvalue weighted by Gasteiger charge is 2.12. The average molecular weight is 344 g/mol. The van der Waals surface area contributed by atoms with Crippen LogP contribution in [0, 0.1) is 12.8 Å². The third kappa shape index (κ3) is 5.07. The van der Waals surface area contributed by atoms with E-state index in [-0.39, 0.29) is 5.91 Å². The molecule has 1 heterocycles. The molecule has 1 aromatic heterocycles. The Bertz CT molecular complexity index is 747. The molecule has 1 aromatic carbocycles. The molecule has 134 valence electrons. The highest BCUT2D eigenvalue weighted by molar-refractivity contribution is 5.92. The van der Waals surface area contributed by atoms with Gasteiger partial charge in [-0.1, -0.05) is 13.8 Å². The molecule has 0 aliphatic rings. The van der Waals surface area contributed by atoms with Crippen LogP contribution in [0.4, 0.5) is 11.6 Å². The van der Waals surface area contributed by atoms with Gasteiger partial charge in [0.15, 0.2) is 11.5 Å². The molecule has 7 nitrogen and oxygen atoms in total. The fraction of sp³-hybridized carbons (Fsp3) is 0.389. The second-order valence-corrected chi connectivity index (χ2v) is 6.02. The van der Waals surface area contributed by atoms with Crippen molar-refractivity contribution >= 4 is 17.5 Å². The van der Waals surface area contributed by atoms with Gasteiger partial charge in [-0.25, -0.2) is 9.97 Å². The lowest BCUT2D eigenvalue weighted by molar-refractivity contribution is 0.0944. The predicted octanol–water partition coefficient (Wildman–Crippen LogP) is 2.93. The van der Waals surface area contributed by atoms with Crippen molar-refractivity contribution in [3.05, 3.63) is 35.7 Å². The SMILES string of the molecule is COc1ccc(Nc2nc(C)cc(C(=O)NCC(C)C)n2)cc1OC. The van der Waals surface area contributed by atoms with Gasteiger partial charge in [-0.15, -0.1) is 0 Å². The summed E-state index contributed by atoms with van der Waals surface area (Å²) in [6, 6.07) is 7.05. The Balaban J connectivity index is 2.21. The van der Waals surface area contributed by atoms with Crippen LogP contribution < -0.4 is 20.1 Å². The number of benzene rings is 1. The summed E-state index contributed by atoms with van der Waals surface area (Å²) in [7, 11) is 3.15. The predicted molar refractivity (Wildman–Crippen MR) is 96.8 cm³/mol. The van der Waals surface area contributed by atoms with Crippen molar-refractivity contribution < 1.29 is 14.3 Å². The van der Waals surface area contributed by atoms with Gasteiger partial charge in [-0.3, -0.25) is 4.79 Å². The van der Waals surface area contributed by atoms with Gasteiger partial charge < -0.3 is 20.1 Å². The molecule has 0 spiro atoms. The minimum atomic E-state index is -0.213. The maximum absolute atomic E-state index is 12.2. The molecular weight excluding hydrogens is 320 g/mol. The average Bonchev–Trinajstić information content (AvgIpc) is 2.58. The lowest BCUT2D eigenvalue weighted by Gasteiger charge is -2.12. The Kier molecular flexibility index (Phi) is 6.16. The maximum atomic E-state index is 12.2. The molecule has 0 atom stereocenters. The second-order valence-electron chi connectivity index (χ2n) is 6.02. The van der Waals surface area contributed by atoms with Gasteiger partial charge >= 0.3 is 0 Å². The molecule has 0 aliphatic heterocycles. The maximum Gasteiger partial charge on any atom is 0.270 e. The summed E-state index contributed by atoms with van der Waals surface area (Å²) in [5.74, 6) is 1.73. The number of carbonyl (C=O) groups is 1. The summed E-state index contributed by atoms with van der Waals surface area (Å²) < 4.78 is 10.5. The zero-order valence-electron chi connectivity index (χ0n) is 15.2. The topological polar surface area (TPSA) is 85.4 Å². The van der Waals surface area contributed by atoms with E-state index in [1.807, 2.05) is 26.8 Å². The Morgan fingerprint density at radius 2 is 1.84 bits per heavy atom. The summed E-state index contributed by atoms with van der Waals surface area (Å²) >= 11 is 0. The first-order valence-corrected chi connectivity index (χ1v) is 8.06. The van der Waals surface area contributed by atoms with Crippen LogP contribution in [0.1, 0.15) is 30.0 Å². The molecular formula is C18H24N4O3. The van der Waals surface area contributed by atoms with Gasteiger partial charge in [-0.2, -0.15) is 0 Å². The number of anilines is 2. The molecule has 0 radical (unpaired) electrons. The second kappa shape index (κ2) is 8.32. The summed E-state index contributed by atoms with van der Waals surface area (Å²) in [4.78, 5) is 20.9. The molecule has 0 saturated heterocycles. The van der Waals surface area contributed by atoms with Crippen LogP contribution in [-0.2, 0) is 0 Å². The van der Waals surface area contributed by atoms with E-state index in [0.29, 0.717) is 41.3 Å². The monoisotopic (exact) mass is 344 g/mol. The van der Waals surface area contributed by atoms with Crippen LogP contribution in [0.15, 0.2) is 24.3 Å². The van der Waals surface area contributed by atoms with Crippen molar-refractivity contribution in [3.63, 3.8) is 0 Å². The van der Waals surface area contributed by atoms with Gasteiger partial charge in [0, 0.05) is 24.0 Å². The Morgan fingerprint density at radius 1 is 1.12 bits per heavy atom. The molecule has 2 rings (SSSR count). The number of carbonyl (C=O) groups excluding carboxylic acids is 1. The van der Waals surface area contributed by atoms with E-state index in [1.165, 1.54) is 0 Å². The Morgan fingerprint density at radius 3 is 2.48 bits per heavy atom. The smallest absolute Gasteiger partial charge is 0.270 e. The number of rotatable bonds is 7. The van der Waals surface area contributed by atoms with Gasteiger partial charge in [0.05, 0.1) is 14.2 Å². The third-order valence-corrected chi connectivity index (χ3v) is 3.40. The summed E-state index contributed by atoms with van der Waals surface area (Å²) in [6.45, 7) is 6.49. The van der Waals surface area contributed by atoms with E-state index in [9.17, 15) is 4.79 Å². The molecule has 1 amide bonds. The van der Waals surface area contributed by atoms with E-state index in [0.717, 1.165) is 5.69 Å². The molecule has 2 aromatic rings. The molecule has 0 unspecified atom stereocenters. The van der Waals surface area contributed by atoms with Crippen LogP contribution in [0.2, 0.25) is 0 Å². The Hall–Kier alpha value is -2.83. The standard InChI is InChI=1S/C18H24N4O3/c1-11(2)10-19-17(23)14-8-12(3)20-18(22-14)21-13-6-7-15(24-4)16(9-13)25-5/h6-9,11H,10H2,1-5H3,(H,19,23)(H,20,21,22). The summed E-state index contributed by atoms with van der Waals surface area (Å²) in [6.07, 6.45) is 0. The summed E-state index contributed by atoms with van der Waals surface area (Å²) in [5, 5.41) is 5.95. The zero-order chi connectivity index (χ0) is 18.4. The van der Waals surface area contributed by atoms with Gasteiger partial charge in [0.25, 0.3) is 5.91 Å². The number of nitrogens with zero attached hydrogens (tertiary/aromatic N) is 2. The number of aryl methyl sites for hydroxylation is 1. The minimum Gasteiger partial charge on any atom is -0.493 e. The van der Waals surface area contributed by atoms with Gasteiger partial charge in [0.1, 0.15) is 5.69 Å². The number of hydrogen-bond donors (Lipinski definition) is 2. The van der Waals surface area contributed by atoms with Crippen LogP contribution in [0.3, 0.4) is 0 Å². The van der Waals surface area contributed by atoms with E-state index in [1.54, 1.807) is 32.4 Å². The number of ether oxygens (including phenoxy) is 2. The number of amides is 1. The molecule has 0 fully saturated rings. The third-order valence-electron chi connectivity index (χ3n) is 3.40. The fourth-order valence-electron chi connectivity index (χ4n) is 2.17. The van der Waals surface area contributed by atoms with Crippen LogP contribution in [0.5, 0.6) is 11.5 Å². The molecule has 7 heteroatoms. The van der Waals surface area contributed by atoms with Crippen molar-refractivity contribution in [3.8, 4) is 11.5 Å². The quantitative estimate of drug-likeness (QED) is 0.803. The molecule has 0 aliphatic carbocycles.